The van der Waals surface area contributed by atoms with Crippen molar-refractivity contribution < 1.29 is 24.2 Å². The average Bonchev–Trinajstić information content (AvgIpc) is 3.11. The highest BCUT2D eigenvalue weighted by atomic mass is 16.5. The van der Waals surface area contributed by atoms with Gasteiger partial charge in [0.2, 0.25) is 5.91 Å². The molecule has 1 heterocycles. The minimum absolute atomic E-state index is 0.0269. The van der Waals surface area contributed by atoms with Crippen LogP contribution in [0.25, 0.3) is 11.1 Å². The number of amides is 2. The van der Waals surface area contributed by atoms with Crippen LogP contribution in [-0.2, 0) is 14.3 Å². The lowest BCUT2D eigenvalue weighted by molar-refractivity contribution is -0.154. The Bertz CT molecular complexity index is 975. The smallest absolute Gasteiger partial charge is 0.407 e. The fourth-order valence-corrected chi connectivity index (χ4v) is 4.91. The number of carboxylic acids is 1. The van der Waals surface area contributed by atoms with Crippen molar-refractivity contribution in [3.05, 3.63) is 59.7 Å². The lowest BCUT2D eigenvalue weighted by atomic mass is 9.90. The Kier molecular flexibility index (Phi) is 6.44. The van der Waals surface area contributed by atoms with Crippen molar-refractivity contribution in [1.29, 1.82) is 0 Å². The molecular weight excluding hydrogens is 408 g/mol. The van der Waals surface area contributed by atoms with E-state index in [1.807, 2.05) is 31.2 Å². The highest BCUT2D eigenvalue weighted by Crippen LogP contribution is 2.44. The molecule has 4 rings (SSSR count). The zero-order chi connectivity index (χ0) is 22.7. The number of nitrogens with one attached hydrogen (secondary N) is 1. The predicted molar refractivity (Wildman–Crippen MR) is 119 cm³/mol. The number of aliphatic carboxylic acids is 1. The molecule has 0 radical (unpaired) electrons. The lowest BCUT2D eigenvalue weighted by Crippen LogP contribution is -2.52. The van der Waals surface area contributed by atoms with E-state index in [-0.39, 0.29) is 37.3 Å². The number of carbonyl (C=O) groups is 3. The molecule has 2 aromatic carbocycles. The first kappa shape index (κ1) is 21.9. The van der Waals surface area contributed by atoms with Crippen LogP contribution in [0.15, 0.2) is 48.5 Å². The van der Waals surface area contributed by atoms with Gasteiger partial charge in [-0.3, -0.25) is 4.79 Å². The van der Waals surface area contributed by atoms with E-state index in [0.29, 0.717) is 6.54 Å². The van der Waals surface area contributed by atoms with E-state index >= 15 is 0 Å². The number of carbonyl (C=O) groups excluding carboxylic acids is 2. The lowest BCUT2D eigenvalue weighted by Gasteiger charge is -2.37. The minimum Gasteiger partial charge on any atom is -0.480 e. The highest BCUT2D eigenvalue weighted by molar-refractivity contribution is 5.84. The molecule has 2 unspecified atom stereocenters. The van der Waals surface area contributed by atoms with E-state index in [1.54, 1.807) is 0 Å². The summed E-state index contributed by atoms with van der Waals surface area (Å²) >= 11 is 0. The molecule has 2 N–H and O–H groups in total. The van der Waals surface area contributed by atoms with Crippen molar-refractivity contribution >= 4 is 18.0 Å². The van der Waals surface area contributed by atoms with Crippen LogP contribution in [0.5, 0.6) is 0 Å². The van der Waals surface area contributed by atoms with Crippen molar-refractivity contribution in [2.45, 2.75) is 38.1 Å². The SMILES string of the molecule is CC1CCCN(C(=O)CCNC(=O)OCC2c3ccccc3-c3ccccc32)C1C(=O)O. The van der Waals surface area contributed by atoms with Gasteiger partial charge in [-0.05, 0) is 41.0 Å². The van der Waals surface area contributed by atoms with E-state index < -0.39 is 18.1 Å². The molecule has 0 saturated carbocycles. The van der Waals surface area contributed by atoms with Gasteiger partial charge in [0.25, 0.3) is 0 Å². The van der Waals surface area contributed by atoms with Gasteiger partial charge in [0.05, 0.1) is 0 Å². The van der Waals surface area contributed by atoms with Crippen molar-refractivity contribution in [1.82, 2.24) is 10.2 Å². The predicted octanol–water partition coefficient (Wildman–Crippen LogP) is 3.63. The van der Waals surface area contributed by atoms with E-state index in [1.165, 1.54) is 4.90 Å². The van der Waals surface area contributed by atoms with Gasteiger partial charge in [-0.15, -0.1) is 0 Å². The number of hydrogen-bond donors (Lipinski definition) is 2. The third kappa shape index (κ3) is 4.33. The standard InChI is InChI=1S/C25H28N2O5/c1-16-7-6-14-27(23(16)24(29)30)22(28)12-13-26-25(31)32-15-21-19-10-4-2-8-17(19)18-9-3-5-11-20(18)21/h2-5,8-11,16,21,23H,6-7,12-15H2,1H3,(H,26,31)(H,29,30). The summed E-state index contributed by atoms with van der Waals surface area (Å²) < 4.78 is 5.47. The number of nitrogens with zero attached hydrogens (tertiary/aromatic N) is 1. The fraction of sp³-hybridized carbons (Fsp3) is 0.400. The van der Waals surface area contributed by atoms with Crippen LogP contribution in [0.4, 0.5) is 4.79 Å². The number of fused-ring (bicyclic) bond motifs is 3. The highest BCUT2D eigenvalue weighted by Gasteiger charge is 2.36. The monoisotopic (exact) mass is 436 g/mol. The second kappa shape index (κ2) is 9.42. The van der Waals surface area contributed by atoms with Gasteiger partial charge in [0.1, 0.15) is 12.6 Å². The van der Waals surface area contributed by atoms with Crippen LogP contribution >= 0.6 is 0 Å². The molecule has 1 saturated heterocycles. The number of piperidine rings is 1. The number of likely N-dealkylation sites (tertiary alicyclic amines) is 1. The third-order valence-electron chi connectivity index (χ3n) is 6.46. The quantitative estimate of drug-likeness (QED) is 0.721. The van der Waals surface area contributed by atoms with Gasteiger partial charge in [-0.2, -0.15) is 0 Å². The molecule has 168 valence electrons. The molecule has 1 aliphatic heterocycles. The van der Waals surface area contributed by atoms with Crippen LogP contribution in [0.1, 0.15) is 43.2 Å². The molecule has 2 atom stereocenters. The summed E-state index contributed by atoms with van der Waals surface area (Å²) in [5.41, 5.74) is 4.59. The molecule has 7 heteroatoms. The summed E-state index contributed by atoms with van der Waals surface area (Å²) in [6, 6.07) is 15.4. The Morgan fingerprint density at radius 2 is 1.69 bits per heavy atom. The molecule has 2 aliphatic rings. The minimum atomic E-state index is -0.977. The van der Waals surface area contributed by atoms with Gasteiger partial charge in [-0.1, -0.05) is 55.5 Å². The average molecular weight is 437 g/mol. The number of hydrogen-bond acceptors (Lipinski definition) is 4. The molecule has 32 heavy (non-hydrogen) atoms. The molecule has 2 amide bonds. The van der Waals surface area contributed by atoms with Crippen LogP contribution in [0, 0.1) is 5.92 Å². The topological polar surface area (TPSA) is 95.9 Å². The van der Waals surface area contributed by atoms with Crippen LogP contribution in [-0.4, -0.2) is 53.7 Å². The van der Waals surface area contributed by atoms with Gasteiger partial charge in [-0.25, -0.2) is 9.59 Å². The molecule has 0 bridgehead atoms. The number of alkyl carbamates (subject to hydrolysis) is 1. The van der Waals surface area contributed by atoms with Gasteiger partial charge >= 0.3 is 12.1 Å². The van der Waals surface area contributed by atoms with E-state index in [2.05, 4.69) is 29.6 Å². The second-order valence-corrected chi connectivity index (χ2v) is 8.49. The third-order valence-corrected chi connectivity index (χ3v) is 6.46. The number of rotatable bonds is 6. The van der Waals surface area contributed by atoms with Crippen molar-refractivity contribution in [2.75, 3.05) is 19.7 Å². The Labute approximate surface area is 187 Å². The van der Waals surface area contributed by atoms with Gasteiger partial charge in [0.15, 0.2) is 0 Å². The Morgan fingerprint density at radius 3 is 2.31 bits per heavy atom. The summed E-state index contributed by atoms with van der Waals surface area (Å²) in [6.07, 6.45) is 1.04. The summed E-state index contributed by atoms with van der Waals surface area (Å²) in [7, 11) is 0. The number of benzene rings is 2. The molecule has 1 fully saturated rings. The number of ether oxygens (including phenoxy) is 1. The van der Waals surface area contributed by atoms with E-state index in [0.717, 1.165) is 35.1 Å². The summed E-state index contributed by atoms with van der Waals surface area (Å²) in [5.74, 6) is -1.35. The van der Waals surface area contributed by atoms with Gasteiger partial charge in [0, 0.05) is 25.4 Å². The maximum Gasteiger partial charge on any atom is 0.407 e. The fourth-order valence-electron chi connectivity index (χ4n) is 4.91. The number of carboxylic acid groups (broad SMARTS) is 1. The maximum atomic E-state index is 12.6. The van der Waals surface area contributed by atoms with Crippen molar-refractivity contribution in [3.8, 4) is 11.1 Å². The van der Waals surface area contributed by atoms with Crippen LogP contribution in [0.3, 0.4) is 0 Å². The normalized spacial score (nSPS) is 19.7. The first-order valence-corrected chi connectivity index (χ1v) is 11.1. The Balaban J connectivity index is 1.29. The molecule has 7 nitrogen and oxygen atoms in total. The molecule has 0 spiro atoms. The largest absolute Gasteiger partial charge is 0.480 e. The molecule has 2 aromatic rings. The zero-order valence-corrected chi connectivity index (χ0v) is 18.1. The Hall–Kier alpha value is -3.35. The Morgan fingerprint density at radius 1 is 1.06 bits per heavy atom. The second-order valence-electron chi connectivity index (χ2n) is 8.49. The molecule has 1 aliphatic carbocycles. The summed E-state index contributed by atoms with van der Waals surface area (Å²) in [4.78, 5) is 37.8. The van der Waals surface area contributed by atoms with Crippen LogP contribution in [0.2, 0.25) is 0 Å². The van der Waals surface area contributed by atoms with Gasteiger partial charge < -0.3 is 20.1 Å². The first-order chi connectivity index (χ1) is 15.5. The van der Waals surface area contributed by atoms with Crippen molar-refractivity contribution in [3.63, 3.8) is 0 Å². The first-order valence-electron chi connectivity index (χ1n) is 11.1. The van der Waals surface area contributed by atoms with Crippen LogP contribution < -0.4 is 5.32 Å². The molecule has 0 aromatic heterocycles. The maximum absolute atomic E-state index is 12.6. The zero-order valence-electron chi connectivity index (χ0n) is 18.1. The summed E-state index contributed by atoms with van der Waals surface area (Å²) in [6.45, 7) is 2.60. The summed E-state index contributed by atoms with van der Waals surface area (Å²) in [5, 5.41) is 12.1. The van der Waals surface area contributed by atoms with E-state index in [9.17, 15) is 19.5 Å². The van der Waals surface area contributed by atoms with E-state index in [4.69, 9.17) is 4.74 Å². The molecular formula is C25H28N2O5. The van der Waals surface area contributed by atoms with Crippen molar-refractivity contribution in [2.24, 2.45) is 5.92 Å².